The molecule has 1 unspecified atom stereocenters. The van der Waals surface area contributed by atoms with Crippen molar-refractivity contribution in [1.29, 1.82) is 0 Å². The zero-order chi connectivity index (χ0) is 17.0. The van der Waals surface area contributed by atoms with Gasteiger partial charge in [0.05, 0.1) is 6.61 Å². The number of anilines is 1. The van der Waals surface area contributed by atoms with Crippen molar-refractivity contribution in [2.45, 2.75) is 63.8 Å². The van der Waals surface area contributed by atoms with Crippen LogP contribution in [0.4, 0.5) is 5.69 Å². The van der Waals surface area contributed by atoms with Gasteiger partial charge in [0.25, 0.3) is 0 Å². The molecule has 1 atom stereocenters. The van der Waals surface area contributed by atoms with Crippen LogP contribution in [0.5, 0.6) is 5.75 Å². The van der Waals surface area contributed by atoms with Crippen LogP contribution < -0.4 is 10.6 Å². The molecule has 0 aromatic heterocycles. The maximum atomic E-state index is 11.0. The second-order valence-electron chi connectivity index (χ2n) is 8.56. The number of aliphatic hydroxyl groups is 1. The zero-order valence-corrected chi connectivity index (χ0v) is 14.8. The van der Waals surface area contributed by atoms with E-state index in [-0.39, 0.29) is 23.5 Å². The number of hydrogen-bond donors (Lipinski definition) is 3. The van der Waals surface area contributed by atoms with E-state index in [1.807, 2.05) is 0 Å². The maximum Gasteiger partial charge on any atom is 0.124 e. The van der Waals surface area contributed by atoms with Crippen LogP contribution in [0, 0.1) is 0 Å². The highest BCUT2D eigenvalue weighted by Gasteiger charge is 2.42. The van der Waals surface area contributed by atoms with E-state index in [0.717, 1.165) is 37.1 Å². The van der Waals surface area contributed by atoms with Crippen LogP contribution in [0.25, 0.3) is 0 Å². The van der Waals surface area contributed by atoms with Crippen molar-refractivity contribution in [3.63, 3.8) is 0 Å². The van der Waals surface area contributed by atoms with E-state index < -0.39 is 0 Å². The summed E-state index contributed by atoms with van der Waals surface area (Å²) in [5.41, 5.74) is 10.5. The van der Waals surface area contributed by atoms with Crippen LogP contribution in [0.1, 0.15) is 57.2 Å². The predicted molar refractivity (Wildman–Crippen MR) is 94.4 cm³/mol. The molecule has 4 N–H and O–H groups in total. The second kappa shape index (κ2) is 5.38. The van der Waals surface area contributed by atoms with Crippen molar-refractivity contribution in [1.82, 2.24) is 0 Å². The highest BCUT2D eigenvalue weighted by molar-refractivity contribution is 5.73. The smallest absolute Gasteiger partial charge is 0.124 e. The van der Waals surface area contributed by atoms with Gasteiger partial charge in [-0.05, 0) is 47.3 Å². The fourth-order valence-corrected chi connectivity index (χ4v) is 4.13. The Kier molecular flexibility index (Phi) is 3.88. The van der Waals surface area contributed by atoms with Crippen LogP contribution >= 0.6 is 0 Å². The Morgan fingerprint density at radius 1 is 1.17 bits per heavy atom. The summed E-state index contributed by atoms with van der Waals surface area (Å²) in [6.45, 7) is 11.1. The summed E-state index contributed by atoms with van der Waals surface area (Å²) in [5.74, 6) is 0.389. The van der Waals surface area contributed by atoms with Gasteiger partial charge in [0.1, 0.15) is 5.75 Å². The van der Waals surface area contributed by atoms with Crippen LogP contribution in [0.2, 0.25) is 0 Å². The average molecular weight is 318 g/mol. The Morgan fingerprint density at radius 3 is 2.39 bits per heavy atom. The van der Waals surface area contributed by atoms with Gasteiger partial charge in [-0.2, -0.15) is 0 Å². The minimum atomic E-state index is -0.333. The molecule has 3 rings (SSSR count). The lowest BCUT2D eigenvalue weighted by Crippen LogP contribution is -2.45. The Bertz CT molecular complexity index is 620. The molecule has 4 heteroatoms. The summed E-state index contributed by atoms with van der Waals surface area (Å²) in [7, 11) is 0. The van der Waals surface area contributed by atoms with Crippen molar-refractivity contribution in [3.8, 4) is 5.75 Å². The van der Waals surface area contributed by atoms with Gasteiger partial charge in [-0.3, -0.25) is 0 Å². The van der Waals surface area contributed by atoms with Gasteiger partial charge >= 0.3 is 0 Å². The van der Waals surface area contributed by atoms with Gasteiger partial charge in [-0.1, -0.05) is 27.7 Å². The second-order valence-corrected chi connectivity index (χ2v) is 8.56. The standard InChI is InChI=1S/C19H30N2O2/c1-18(2)5-7-21-8-6-19(3,4)15-16(21)14(18)10-12(17(15)23)9-13(20)11-22/h10,13,22-23H,5-9,11,20H2,1-4H3. The molecular formula is C19H30N2O2. The summed E-state index contributed by atoms with van der Waals surface area (Å²) in [5, 5.41) is 20.3. The molecule has 0 spiro atoms. The van der Waals surface area contributed by atoms with Gasteiger partial charge in [0.15, 0.2) is 0 Å². The third-order valence-electron chi connectivity index (χ3n) is 5.80. The van der Waals surface area contributed by atoms with Gasteiger partial charge in [0.2, 0.25) is 0 Å². The molecule has 23 heavy (non-hydrogen) atoms. The van der Waals surface area contributed by atoms with E-state index in [4.69, 9.17) is 5.73 Å². The number of aromatic hydroxyl groups is 1. The largest absolute Gasteiger partial charge is 0.507 e. The summed E-state index contributed by atoms with van der Waals surface area (Å²) in [6, 6.07) is 1.80. The molecule has 0 saturated carbocycles. The number of hydrogen-bond acceptors (Lipinski definition) is 4. The number of nitrogens with zero attached hydrogens (tertiary/aromatic N) is 1. The Hall–Kier alpha value is -1.26. The first-order chi connectivity index (χ1) is 10.7. The van der Waals surface area contributed by atoms with E-state index in [0.29, 0.717) is 12.2 Å². The third kappa shape index (κ3) is 2.62. The molecular weight excluding hydrogens is 288 g/mol. The fraction of sp³-hybridized carbons (Fsp3) is 0.684. The topological polar surface area (TPSA) is 69.7 Å². The van der Waals surface area contributed by atoms with E-state index in [2.05, 4.69) is 38.7 Å². The maximum absolute atomic E-state index is 11.0. The van der Waals surface area contributed by atoms with Crippen molar-refractivity contribution in [3.05, 3.63) is 22.8 Å². The molecule has 0 fully saturated rings. The minimum Gasteiger partial charge on any atom is -0.507 e. The lowest BCUT2D eigenvalue weighted by atomic mass is 9.68. The average Bonchev–Trinajstić information content (AvgIpc) is 2.47. The summed E-state index contributed by atoms with van der Waals surface area (Å²) >= 11 is 0. The van der Waals surface area contributed by atoms with Gasteiger partial charge in [-0.25, -0.2) is 0 Å². The van der Waals surface area contributed by atoms with Crippen molar-refractivity contribution >= 4 is 5.69 Å². The molecule has 0 radical (unpaired) electrons. The first kappa shape index (κ1) is 16.6. The summed E-state index contributed by atoms with van der Waals surface area (Å²) in [4.78, 5) is 2.44. The van der Waals surface area contributed by atoms with Gasteiger partial charge < -0.3 is 20.8 Å². The molecule has 1 aromatic rings. The minimum absolute atomic E-state index is 0.0442. The fourth-order valence-electron chi connectivity index (χ4n) is 4.13. The molecule has 0 amide bonds. The number of nitrogens with two attached hydrogens (primary N) is 1. The number of rotatable bonds is 3. The number of benzene rings is 1. The van der Waals surface area contributed by atoms with Crippen molar-refractivity contribution in [2.24, 2.45) is 5.73 Å². The molecule has 2 heterocycles. The predicted octanol–water partition coefficient (Wildman–Crippen LogP) is 2.42. The number of phenols is 1. The van der Waals surface area contributed by atoms with Crippen LogP contribution in [-0.2, 0) is 17.3 Å². The Balaban J connectivity index is 2.25. The molecule has 2 aliphatic rings. The van der Waals surface area contributed by atoms with Crippen molar-refractivity contribution < 1.29 is 10.2 Å². The van der Waals surface area contributed by atoms with Gasteiger partial charge in [-0.15, -0.1) is 0 Å². The Morgan fingerprint density at radius 2 is 1.78 bits per heavy atom. The molecule has 2 aliphatic heterocycles. The molecule has 0 aliphatic carbocycles. The van der Waals surface area contributed by atoms with Crippen LogP contribution in [0.3, 0.4) is 0 Å². The van der Waals surface area contributed by atoms with Gasteiger partial charge in [0, 0.05) is 30.4 Å². The third-order valence-corrected chi connectivity index (χ3v) is 5.80. The molecule has 0 saturated heterocycles. The Labute approximate surface area is 139 Å². The van der Waals surface area contributed by atoms with Crippen molar-refractivity contribution in [2.75, 3.05) is 24.6 Å². The molecule has 1 aromatic carbocycles. The molecule has 128 valence electrons. The van der Waals surface area contributed by atoms with E-state index in [1.54, 1.807) is 0 Å². The monoisotopic (exact) mass is 318 g/mol. The zero-order valence-electron chi connectivity index (χ0n) is 14.8. The molecule has 4 nitrogen and oxygen atoms in total. The quantitative estimate of drug-likeness (QED) is 0.800. The first-order valence-corrected chi connectivity index (χ1v) is 8.68. The SMILES string of the molecule is CC1(C)CCN2CCC(C)(C)c3c(O)c(CC(N)CO)cc1c32. The number of phenolic OH excluding ortho intramolecular Hbond substituents is 1. The van der Waals surface area contributed by atoms with E-state index in [1.165, 1.54) is 11.3 Å². The van der Waals surface area contributed by atoms with Crippen LogP contribution in [-0.4, -0.2) is 36.0 Å². The first-order valence-electron chi connectivity index (χ1n) is 8.68. The lowest BCUT2D eigenvalue weighted by molar-refractivity contribution is 0.264. The van der Waals surface area contributed by atoms with E-state index in [9.17, 15) is 10.2 Å². The summed E-state index contributed by atoms with van der Waals surface area (Å²) in [6.07, 6.45) is 2.67. The highest BCUT2D eigenvalue weighted by Crippen LogP contribution is 2.53. The molecule has 0 bridgehead atoms. The lowest BCUT2D eigenvalue weighted by Gasteiger charge is -2.48. The van der Waals surface area contributed by atoms with Crippen LogP contribution in [0.15, 0.2) is 6.07 Å². The normalized spacial score (nSPS) is 22.6. The highest BCUT2D eigenvalue weighted by atomic mass is 16.3. The van der Waals surface area contributed by atoms with E-state index >= 15 is 0 Å². The summed E-state index contributed by atoms with van der Waals surface area (Å²) < 4.78 is 0. The number of aliphatic hydroxyl groups excluding tert-OH is 1.